The maximum absolute atomic E-state index is 13.2. The summed E-state index contributed by atoms with van der Waals surface area (Å²) in [5, 5.41) is 0. The molecule has 0 spiro atoms. The summed E-state index contributed by atoms with van der Waals surface area (Å²) in [6.07, 6.45) is -1.09. The molecule has 2 aromatic carbocycles. The van der Waals surface area contributed by atoms with Crippen LogP contribution in [0.3, 0.4) is 0 Å². The highest BCUT2D eigenvalue weighted by Gasteiger charge is 2.31. The van der Waals surface area contributed by atoms with Crippen molar-refractivity contribution in [3.8, 4) is 28.3 Å². The molecule has 0 atom stereocenters. The second-order valence-corrected chi connectivity index (χ2v) is 5.91. The Hall–Kier alpha value is -3.35. The molecule has 0 aliphatic heterocycles. The van der Waals surface area contributed by atoms with E-state index in [0.717, 1.165) is 17.7 Å². The maximum Gasteiger partial charge on any atom is 0.416 e. The van der Waals surface area contributed by atoms with E-state index in [2.05, 4.69) is 9.97 Å². The van der Waals surface area contributed by atoms with Gasteiger partial charge in [0.1, 0.15) is 5.75 Å². The van der Waals surface area contributed by atoms with Crippen LogP contribution in [0, 0.1) is 0 Å². The van der Waals surface area contributed by atoms with Crippen molar-refractivity contribution < 1.29 is 17.9 Å². The van der Waals surface area contributed by atoms with Crippen molar-refractivity contribution in [3.63, 3.8) is 0 Å². The van der Waals surface area contributed by atoms with E-state index in [9.17, 15) is 13.2 Å². The molecule has 0 fully saturated rings. The molecule has 0 aliphatic rings. The number of hydrogen-bond acceptors (Lipinski definition) is 3. The fourth-order valence-electron chi connectivity index (χ4n) is 2.96. The lowest BCUT2D eigenvalue weighted by molar-refractivity contribution is -0.137. The number of methoxy groups -OCH3 is 1. The van der Waals surface area contributed by atoms with Crippen LogP contribution in [-0.2, 0) is 6.18 Å². The molecule has 2 aromatic heterocycles. The first-order chi connectivity index (χ1) is 13.0. The summed E-state index contributed by atoms with van der Waals surface area (Å²) in [6, 6.07) is 14.1. The molecule has 0 bridgehead atoms. The first-order valence-electron chi connectivity index (χ1n) is 8.12. The van der Waals surface area contributed by atoms with Crippen molar-refractivity contribution >= 4 is 5.78 Å². The average Bonchev–Trinajstić information content (AvgIpc) is 3.07. The molecule has 7 heteroatoms. The van der Waals surface area contributed by atoms with E-state index in [1.54, 1.807) is 48.2 Å². The fraction of sp³-hybridized carbons (Fsp3) is 0.100. The minimum Gasteiger partial charge on any atom is -0.497 e. The Balaban J connectivity index is 1.96. The largest absolute Gasteiger partial charge is 0.497 e. The summed E-state index contributed by atoms with van der Waals surface area (Å²) >= 11 is 0. The second kappa shape index (κ2) is 6.42. The van der Waals surface area contributed by atoms with Crippen LogP contribution in [0.1, 0.15) is 5.56 Å². The van der Waals surface area contributed by atoms with E-state index < -0.39 is 11.7 Å². The molecule has 4 aromatic rings. The molecular weight excluding hydrogens is 355 g/mol. The number of rotatable bonds is 3. The monoisotopic (exact) mass is 369 g/mol. The number of hydrogen-bond donors (Lipinski definition) is 0. The third-order valence-corrected chi connectivity index (χ3v) is 4.23. The van der Waals surface area contributed by atoms with Gasteiger partial charge in [-0.05, 0) is 42.5 Å². The van der Waals surface area contributed by atoms with Crippen molar-refractivity contribution in [1.82, 2.24) is 14.4 Å². The van der Waals surface area contributed by atoms with Gasteiger partial charge >= 0.3 is 6.18 Å². The van der Waals surface area contributed by atoms with Gasteiger partial charge in [0.2, 0.25) is 5.78 Å². The van der Waals surface area contributed by atoms with E-state index in [0.29, 0.717) is 28.5 Å². The van der Waals surface area contributed by atoms with Gasteiger partial charge in [-0.15, -0.1) is 0 Å². The number of alkyl halides is 3. The standard InChI is InChI=1S/C20H14F3N3O/c1-27-16-8-6-13(7-9-16)17-18(26-11-3-10-24-19(26)25-17)14-4-2-5-15(12-14)20(21,22)23/h2-12H,1H3. The van der Waals surface area contributed by atoms with Gasteiger partial charge in [-0.1, -0.05) is 12.1 Å². The van der Waals surface area contributed by atoms with Crippen LogP contribution >= 0.6 is 0 Å². The van der Waals surface area contributed by atoms with Crippen molar-refractivity contribution in [2.24, 2.45) is 0 Å². The second-order valence-electron chi connectivity index (χ2n) is 5.91. The Morgan fingerprint density at radius 1 is 0.963 bits per heavy atom. The molecule has 0 radical (unpaired) electrons. The van der Waals surface area contributed by atoms with E-state index in [4.69, 9.17) is 4.74 Å². The zero-order chi connectivity index (χ0) is 19.0. The van der Waals surface area contributed by atoms with E-state index in [-0.39, 0.29) is 0 Å². The molecule has 0 aliphatic carbocycles. The van der Waals surface area contributed by atoms with Crippen LogP contribution in [0.5, 0.6) is 5.75 Å². The molecule has 136 valence electrons. The smallest absolute Gasteiger partial charge is 0.416 e. The molecule has 0 amide bonds. The topological polar surface area (TPSA) is 39.4 Å². The van der Waals surface area contributed by atoms with Gasteiger partial charge < -0.3 is 4.74 Å². The Labute approximate surface area is 152 Å². The highest BCUT2D eigenvalue weighted by Crippen LogP contribution is 2.36. The maximum atomic E-state index is 13.2. The lowest BCUT2D eigenvalue weighted by Gasteiger charge is -2.10. The summed E-state index contributed by atoms with van der Waals surface area (Å²) in [5.41, 5.74) is 1.56. The number of imidazole rings is 1. The Bertz CT molecular complexity index is 1100. The summed E-state index contributed by atoms with van der Waals surface area (Å²) in [6.45, 7) is 0. The summed E-state index contributed by atoms with van der Waals surface area (Å²) < 4.78 is 46.4. The molecule has 27 heavy (non-hydrogen) atoms. The highest BCUT2D eigenvalue weighted by molar-refractivity contribution is 5.81. The van der Waals surface area contributed by atoms with Gasteiger partial charge in [-0.3, -0.25) is 4.40 Å². The molecule has 4 rings (SSSR count). The van der Waals surface area contributed by atoms with Gasteiger partial charge in [-0.25, -0.2) is 9.97 Å². The molecule has 4 nitrogen and oxygen atoms in total. The third-order valence-electron chi connectivity index (χ3n) is 4.23. The number of nitrogens with zero attached hydrogens (tertiary/aromatic N) is 3. The van der Waals surface area contributed by atoms with Gasteiger partial charge in [0.15, 0.2) is 0 Å². The first kappa shape index (κ1) is 17.1. The van der Waals surface area contributed by atoms with E-state index in [1.807, 2.05) is 12.1 Å². The third kappa shape index (κ3) is 3.12. The van der Waals surface area contributed by atoms with Gasteiger partial charge in [0, 0.05) is 23.5 Å². The number of aromatic nitrogens is 3. The molecule has 0 saturated carbocycles. The summed E-state index contributed by atoms with van der Waals surface area (Å²) in [7, 11) is 1.57. The lowest BCUT2D eigenvalue weighted by atomic mass is 10.0. The van der Waals surface area contributed by atoms with Crippen LogP contribution in [0.25, 0.3) is 28.3 Å². The molecule has 2 heterocycles. The zero-order valence-corrected chi connectivity index (χ0v) is 14.2. The van der Waals surface area contributed by atoms with Crippen LogP contribution in [-0.4, -0.2) is 21.5 Å². The highest BCUT2D eigenvalue weighted by atomic mass is 19.4. The minimum absolute atomic E-state index is 0.413. The Morgan fingerprint density at radius 2 is 1.74 bits per heavy atom. The zero-order valence-electron chi connectivity index (χ0n) is 14.2. The van der Waals surface area contributed by atoms with Crippen molar-refractivity contribution in [2.75, 3.05) is 7.11 Å². The summed E-state index contributed by atoms with van der Waals surface area (Å²) in [4.78, 5) is 8.76. The molecule has 0 N–H and O–H groups in total. The minimum atomic E-state index is -4.42. The van der Waals surface area contributed by atoms with Crippen LogP contribution < -0.4 is 4.74 Å². The Kier molecular flexibility index (Phi) is 4.07. The number of benzene rings is 2. The average molecular weight is 369 g/mol. The quantitative estimate of drug-likeness (QED) is 0.505. The Morgan fingerprint density at radius 3 is 2.44 bits per heavy atom. The molecular formula is C20H14F3N3O. The van der Waals surface area contributed by atoms with Gasteiger partial charge in [0.25, 0.3) is 0 Å². The SMILES string of the molecule is COc1ccc(-c2nc3ncccn3c2-c2cccc(C(F)(F)F)c2)cc1. The fourth-order valence-corrected chi connectivity index (χ4v) is 2.96. The summed E-state index contributed by atoms with van der Waals surface area (Å²) in [5.74, 6) is 1.09. The number of fused-ring (bicyclic) bond motifs is 1. The van der Waals surface area contributed by atoms with Crippen LogP contribution in [0.2, 0.25) is 0 Å². The number of halogens is 3. The number of ether oxygens (including phenoxy) is 1. The molecule has 0 saturated heterocycles. The van der Waals surface area contributed by atoms with Crippen molar-refractivity contribution in [1.29, 1.82) is 0 Å². The normalized spacial score (nSPS) is 11.7. The predicted molar refractivity (Wildman–Crippen MR) is 95.4 cm³/mol. The lowest BCUT2D eigenvalue weighted by Crippen LogP contribution is -2.04. The first-order valence-corrected chi connectivity index (χ1v) is 8.12. The predicted octanol–water partition coefficient (Wildman–Crippen LogP) is 5.09. The molecule has 0 unspecified atom stereocenters. The van der Waals surface area contributed by atoms with Crippen LogP contribution in [0.4, 0.5) is 13.2 Å². The van der Waals surface area contributed by atoms with Crippen molar-refractivity contribution in [2.45, 2.75) is 6.18 Å². The van der Waals surface area contributed by atoms with E-state index in [1.165, 1.54) is 6.07 Å². The van der Waals surface area contributed by atoms with Gasteiger partial charge in [0.05, 0.1) is 24.1 Å². The van der Waals surface area contributed by atoms with Crippen LogP contribution in [0.15, 0.2) is 67.0 Å². The van der Waals surface area contributed by atoms with Crippen molar-refractivity contribution in [3.05, 3.63) is 72.6 Å². The van der Waals surface area contributed by atoms with Gasteiger partial charge in [-0.2, -0.15) is 13.2 Å². The van der Waals surface area contributed by atoms with E-state index >= 15 is 0 Å².